The minimum atomic E-state index is -0.388. The molecule has 1 aromatic rings. The number of anilines is 1. The molecule has 0 unspecified atom stereocenters. The number of pyridine rings is 1. The molecule has 1 aliphatic rings. The summed E-state index contributed by atoms with van der Waals surface area (Å²) in [6, 6.07) is 5.50. The van der Waals surface area contributed by atoms with E-state index in [1.807, 2.05) is 36.9 Å². The molecule has 1 atom stereocenters. The molecular weight excluding hydrogens is 240 g/mol. The summed E-state index contributed by atoms with van der Waals surface area (Å²) in [4.78, 5) is 20.5. The SMILES string of the molecule is CC(C)[C@H](N)C(=O)N1CCN(c2ccccn2)CC1. The fraction of sp³-hybridized carbons (Fsp3) is 0.571. The average Bonchev–Trinajstić information content (AvgIpc) is 2.46. The van der Waals surface area contributed by atoms with Crippen LogP contribution in [0, 0.1) is 5.92 Å². The summed E-state index contributed by atoms with van der Waals surface area (Å²) in [6.45, 7) is 7.02. The van der Waals surface area contributed by atoms with Crippen molar-refractivity contribution in [2.24, 2.45) is 11.7 Å². The number of hydrogen-bond donors (Lipinski definition) is 1. The zero-order valence-corrected chi connectivity index (χ0v) is 11.6. The van der Waals surface area contributed by atoms with Crippen LogP contribution in [0.25, 0.3) is 0 Å². The number of carbonyl (C=O) groups excluding carboxylic acids is 1. The molecule has 0 radical (unpaired) electrons. The summed E-state index contributed by atoms with van der Waals surface area (Å²) in [7, 11) is 0. The summed E-state index contributed by atoms with van der Waals surface area (Å²) in [5.41, 5.74) is 5.92. The van der Waals surface area contributed by atoms with Crippen molar-refractivity contribution in [3.05, 3.63) is 24.4 Å². The van der Waals surface area contributed by atoms with Crippen molar-refractivity contribution in [2.45, 2.75) is 19.9 Å². The Morgan fingerprint density at radius 2 is 1.95 bits per heavy atom. The third kappa shape index (κ3) is 3.23. The molecule has 0 saturated carbocycles. The van der Waals surface area contributed by atoms with Crippen molar-refractivity contribution in [3.8, 4) is 0 Å². The normalized spacial score (nSPS) is 17.7. The van der Waals surface area contributed by atoms with Gasteiger partial charge in [0, 0.05) is 32.4 Å². The quantitative estimate of drug-likeness (QED) is 0.871. The minimum Gasteiger partial charge on any atom is -0.353 e. The lowest BCUT2D eigenvalue weighted by Crippen LogP contribution is -2.54. The Labute approximate surface area is 114 Å². The molecule has 1 aromatic heterocycles. The maximum absolute atomic E-state index is 12.1. The summed E-state index contributed by atoms with van der Waals surface area (Å²) in [5, 5.41) is 0. The smallest absolute Gasteiger partial charge is 0.239 e. The van der Waals surface area contributed by atoms with Crippen LogP contribution in [0.1, 0.15) is 13.8 Å². The molecule has 5 nitrogen and oxygen atoms in total. The van der Waals surface area contributed by atoms with Gasteiger partial charge >= 0.3 is 0 Å². The molecule has 0 aliphatic carbocycles. The Balaban J connectivity index is 1.91. The molecule has 19 heavy (non-hydrogen) atoms. The van der Waals surface area contributed by atoms with Crippen LogP contribution in [0.4, 0.5) is 5.82 Å². The van der Waals surface area contributed by atoms with E-state index in [2.05, 4.69) is 9.88 Å². The molecular formula is C14H22N4O. The third-order valence-electron chi connectivity index (χ3n) is 3.57. The van der Waals surface area contributed by atoms with Crippen molar-refractivity contribution in [1.29, 1.82) is 0 Å². The van der Waals surface area contributed by atoms with E-state index in [-0.39, 0.29) is 17.9 Å². The van der Waals surface area contributed by atoms with Gasteiger partial charge < -0.3 is 15.5 Å². The van der Waals surface area contributed by atoms with Gasteiger partial charge in [-0.2, -0.15) is 0 Å². The molecule has 2 rings (SSSR count). The Morgan fingerprint density at radius 1 is 1.26 bits per heavy atom. The lowest BCUT2D eigenvalue weighted by Gasteiger charge is -2.37. The number of piperazine rings is 1. The Bertz CT molecular complexity index is 413. The average molecular weight is 262 g/mol. The maximum atomic E-state index is 12.1. The molecule has 1 aliphatic heterocycles. The zero-order chi connectivity index (χ0) is 13.8. The largest absolute Gasteiger partial charge is 0.353 e. The molecule has 0 aromatic carbocycles. The molecule has 5 heteroatoms. The van der Waals surface area contributed by atoms with Gasteiger partial charge in [-0.25, -0.2) is 4.98 Å². The van der Waals surface area contributed by atoms with Gasteiger partial charge in [-0.05, 0) is 18.1 Å². The van der Waals surface area contributed by atoms with Crippen molar-refractivity contribution < 1.29 is 4.79 Å². The number of nitrogens with zero attached hydrogens (tertiary/aromatic N) is 3. The first kappa shape index (κ1) is 13.8. The highest BCUT2D eigenvalue weighted by molar-refractivity contribution is 5.82. The van der Waals surface area contributed by atoms with Crippen LogP contribution in [-0.2, 0) is 4.79 Å². The summed E-state index contributed by atoms with van der Waals surface area (Å²) in [5.74, 6) is 1.22. The maximum Gasteiger partial charge on any atom is 0.239 e. The van der Waals surface area contributed by atoms with Gasteiger partial charge in [0.05, 0.1) is 6.04 Å². The third-order valence-corrected chi connectivity index (χ3v) is 3.57. The van der Waals surface area contributed by atoms with Crippen molar-refractivity contribution in [2.75, 3.05) is 31.1 Å². The molecule has 1 amide bonds. The lowest BCUT2D eigenvalue weighted by molar-refractivity contribution is -0.133. The number of amides is 1. The highest BCUT2D eigenvalue weighted by Gasteiger charge is 2.27. The number of carbonyl (C=O) groups is 1. The molecule has 1 fully saturated rings. The second-order valence-electron chi connectivity index (χ2n) is 5.27. The van der Waals surface area contributed by atoms with E-state index in [4.69, 9.17) is 5.73 Å². The second-order valence-corrected chi connectivity index (χ2v) is 5.27. The molecule has 104 valence electrons. The number of aromatic nitrogens is 1. The zero-order valence-electron chi connectivity index (χ0n) is 11.6. The fourth-order valence-corrected chi connectivity index (χ4v) is 2.19. The van der Waals surface area contributed by atoms with Crippen LogP contribution < -0.4 is 10.6 Å². The van der Waals surface area contributed by atoms with Gasteiger partial charge in [0.15, 0.2) is 0 Å². The van der Waals surface area contributed by atoms with Crippen molar-refractivity contribution >= 4 is 11.7 Å². The van der Waals surface area contributed by atoms with Crippen LogP contribution in [-0.4, -0.2) is 48.0 Å². The Morgan fingerprint density at radius 3 is 2.47 bits per heavy atom. The van der Waals surface area contributed by atoms with E-state index < -0.39 is 0 Å². The van der Waals surface area contributed by atoms with E-state index in [0.717, 1.165) is 32.0 Å². The fourth-order valence-electron chi connectivity index (χ4n) is 2.19. The van der Waals surface area contributed by atoms with Crippen LogP contribution in [0.5, 0.6) is 0 Å². The predicted molar refractivity (Wildman–Crippen MR) is 75.8 cm³/mol. The van der Waals surface area contributed by atoms with Gasteiger partial charge in [0.2, 0.25) is 5.91 Å². The molecule has 2 heterocycles. The van der Waals surface area contributed by atoms with E-state index in [1.165, 1.54) is 0 Å². The summed E-state index contributed by atoms with van der Waals surface area (Å²) >= 11 is 0. The van der Waals surface area contributed by atoms with Crippen LogP contribution in [0.3, 0.4) is 0 Å². The first-order valence-electron chi connectivity index (χ1n) is 6.80. The van der Waals surface area contributed by atoms with Gasteiger partial charge in [-0.1, -0.05) is 19.9 Å². The number of hydrogen-bond acceptors (Lipinski definition) is 4. The minimum absolute atomic E-state index is 0.0654. The molecule has 2 N–H and O–H groups in total. The summed E-state index contributed by atoms with van der Waals surface area (Å²) < 4.78 is 0. The highest BCUT2D eigenvalue weighted by Crippen LogP contribution is 2.13. The first-order valence-corrected chi connectivity index (χ1v) is 6.80. The van der Waals surface area contributed by atoms with Crippen LogP contribution in [0.2, 0.25) is 0 Å². The highest BCUT2D eigenvalue weighted by atomic mass is 16.2. The van der Waals surface area contributed by atoms with Crippen LogP contribution >= 0.6 is 0 Å². The Kier molecular flexibility index (Phi) is 4.37. The van der Waals surface area contributed by atoms with E-state index in [1.54, 1.807) is 6.20 Å². The second kappa shape index (κ2) is 6.02. The van der Waals surface area contributed by atoms with Gasteiger partial charge in [-0.15, -0.1) is 0 Å². The van der Waals surface area contributed by atoms with Gasteiger partial charge in [0.25, 0.3) is 0 Å². The standard InChI is InChI=1S/C14H22N4O/c1-11(2)13(15)14(19)18-9-7-17(8-10-18)12-5-3-4-6-16-12/h3-6,11,13H,7-10,15H2,1-2H3/t13-/m0/s1. The number of rotatable bonds is 3. The van der Waals surface area contributed by atoms with Gasteiger partial charge in [0.1, 0.15) is 5.82 Å². The first-order chi connectivity index (χ1) is 9.09. The van der Waals surface area contributed by atoms with Gasteiger partial charge in [-0.3, -0.25) is 4.79 Å². The summed E-state index contributed by atoms with van der Waals surface area (Å²) in [6.07, 6.45) is 1.79. The van der Waals surface area contributed by atoms with E-state index in [9.17, 15) is 4.79 Å². The lowest BCUT2D eigenvalue weighted by atomic mass is 10.0. The van der Waals surface area contributed by atoms with Crippen molar-refractivity contribution in [3.63, 3.8) is 0 Å². The van der Waals surface area contributed by atoms with Crippen molar-refractivity contribution in [1.82, 2.24) is 9.88 Å². The predicted octanol–water partition coefficient (Wildman–Crippen LogP) is 0.714. The molecule has 1 saturated heterocycles. The van der Waals surface area contributed by atoms with E-state index >= 15 is 0 Å². The Hall–Kier alpha value is -1.62. The van der Waals surface area contributed by atoms with E-state index in [0.29, 0.717) is 0 Å². The molecule has 0 bridgehead atoms. The topological polar surface area (TPSA) is 62.5 Å². The molecule has 0 spiro atoms. The number of nitrogens with two attached hydrogens (primary N) is 1. The van der Waals surface area contributed by atoms with Crippen LogP contribution in [0.15, 0.2) is 24.4 Å². The monoisotopic (exact) mass is 262 g/mol.